The van der Waals surface area contributed by atoms with Crippen molar-refractivity contribution >= 4 is 34.6 Å². The number of esters is 1. The highest BCUT2D eigenvalue weighted by atomic mass is 32.1. The van der Waals surface area contributed by atoms with Gasteiger partial charge in [0.15, 0.2) is 0 Å². The van der Waals surface area contributed by atoms with Gasteiger partial charge in [0.1, 0.15) is 4.88 Å². The Labute approximate surface area is 144 Å². The number of nitrogens with zero attached hydrogens (tertiary/aromatic N) is 1. The van der Waals surface area contributed by atoms with Gasteiger partial charge in [-0.3, -0.25) is 4.79 Å². The lowest BCUT2D eigenvalue weighted by atomic mass is 10.2. The Hall–Kier alpha value is -2.38. The van der Waals surface area contributed by atoms with Gasteiger partial charge >= 0.3 is 5.97 Å². The third kappa shape index (κ3) is 3.74. The molecule has 1 fully saturated rings. The van der Waals surface area contributed by atoms with E-state index in [1.807, 2.05) is 24.3 Å². The molecule has 2 heterocycles. The van der Waals surface area contributed by atoms with Crippen LogP contribution in [-0.4, -0.2) is 45.3 Å². The van der Waals surface area contributed by atoms with Crippen molar-refractivity contribution in [1.29, 1.82) is 0 Å². The number of carbonyl (C=O) groups excluding carboxylic acids is 2. The summed E-state index contributed by atoms with van der Waals surface area (Å²) in [5, 5.41) is 2.83. The summed E-state index contributed by atoms with van der Waals surface area (Å²) in [7, 11) is 1.32. The van der Waals surface area contributed by atoms with Crippen molar-refractivity contribution in [1.82, 2.24) is 0 Å². The van der Waals surface area contributed by atoms with E-state index in [-0.39, 0.29) is 5.91 Å². The smallest absolute Gasteiger partial charge is 0.348 e. The van der Waals surface area contributed by atoms with Gasteiger partial charge in [0.05, 0.1) is 25.2 Å². The second-order valence-electron chi connectivity index (χ2n) is 5.26. The Kier molecular flexibility index (Phi) is 5.12. The third-order valence-electron chi connectivity index (χ3n) is 3.72. The van der Waals surface area contributed by atoms with Crippen molar-refractivity contribution in [2.45, 2.75) is 0 Å². The second-order valence-corrected chi connectivity index (χ2v) is 6.34. The summed E-state index contributed by atoms with van der Waals surface area (Å²) in [6, 6.07) is 10.9. The molecule has 24 heavy (non-hydrogen) atoms. The van der Waals surface area contributed by atoms with Crippen LogP contribution >= 0.6 is 11.3 Å². The van der Waals surface area contributed by atoms with Gasteiger partial charge in [-0.05, 0) is 36.4 Å². The maximum atomic E-state index is 12.2. The van der Waals surface area contributed by atoms with Crippen LogP contribution in [0.25, 0.3) is 0 Å². The highest BCUT2D eigenvalue weighted by Gasteiger charge is 2.15. The van der Waals surface area contributed by atoms with Gasteiger partial charge in [0.2, 0.25) is 0 Å². The molecule has 0 bridgehead atoms. The molecule has 0 spiro atoms. The van der Waals surface area contributed by atoms with Crippen molar-refractivity contribution in [3.05, 3.63) is 46.2 Å². The van der Waals surface area contributed by atoms with Crippen molar-refractivity contribution < 1.29 is 19.1 Å². The molecule has 1 aromatic carbocycles. The van der Waals surface area contributed by atoms with Crippen LogP contribution in [0.5, 0.6) is 0 Å². The van der Waals surface area contributed by atoms with E-state index >= 15 is 0 Å². The summed E-state index contributed by atoms with van der Waals surface area (Å²) in [5.41, 5.74) is 1.82. The lowest BCUT2D eigenvalue weighted by Crippen LogP contribution is -2.36. The lowest BCUT2D eigenvalue weighted by molar-refractivity contribution is 0.0606. The van der Waals surface area contributed by atoms with Crippen molar-refractivity contribution in [2.24, 2.45) is 0 Å². The molecule has 0 aliphatic carbocycles. The first-order valence-electron chi connectivity index (χ1n) is 7.59. The number of thiophene rings is 1. The summed E-state index contributed by atoms with van der Waals surface area (Å²) in [6.07, 6.45) is 0. The molecule has 1 saturated heterocycles. The summed E-state index contributed by atoms with van der Waals surface area (Å²) in [6.45, 7) is 3.22. The Morgan fingerprint density at radius 1 is 1.08 bits per heavy atom. The second kappa shape index (κ2) is 7.46. The summed E-state index contributed by atoms with van der Waals surface area (Å²) >= 11 is 1.11. The van der Waals surface area contributed by atoms with Gasteiger partial charge in [-0.25, -0.2) is 4.79 Å². The zero-order chi connectivity index (χ0) is 16.9. The number of carbonyl (C=O) groups is 2. The maximum absolute atomic E-state index is 12.2. The fourth-order valence-corrected chi connectivity index (χ4v) is 3.26. The Morgan fingerprint density at radius 3 is 2.42 bits per heavy atom. The average molecular weight is 346 g/mol. The number of hydrogen-bond donors (Lipinski definition) is 1. The molecule has 0 atom stereocenters. The highest BCUT2D eigenvalue weighted by Crippen LogP contribution is 2.21. The fourth-order valence-electron chi connectivity index (χ4n) is 2.44. The molecule has 2 aromatic rings. The van der Waals surface area contributed by atoms with Crippen LogP contribution in [0, 0.1) is 0 Å². The number of anilines is 2. The molecule has 1 aromatic heterocycles. The van der Waals surface area contributed by atoms with E-state index in [4.69, 9.17) is 4.74 Å². The Bertz CT molecular complexity index is 720. The molecular formula is C17H18N2O4S. The van der Waals surface area contributed by atoms with Crippen LogP contribution in [0.3, 0.4) is 0 Å². The molecular weight excluding hydrogens is 328 g/mol. The molecule has 0 unspecified atom stereocenters. The zero-order valence-electron chi connectivity index (χ0n) is 13.3. The number of ether oxygens (including phenoxy) is 2. The van der Waals surface area contributed by atoms with Crippen LogP contribution in [0.1, 0.15) is 19.3 Å². The van der Waals surface area contributed by atoms with Gasteiger partial charge in [0.25, 0.3) is 5.91 Å². The summed E-state index contributed by atoms with van der Waals surface area (Å²) < 4.78 is 9.99. The molecule has 1 aliphatic heterocycles. The summed E-state index contributed by atoms with van der Waals surface area (Å²) in [4.78, 5) is 26.8. The normalized spacial score (nSPS) is 14.3. The zero-order valence-corrected chi connectivity index (χ0v) is 14.1. The monoisotopic (exact) mass is 346 g/mol. The largest absolute Gasteiger partial charge is 0.465 e. The fraction of sp³-hybridized carbons (Fsp3) is 0.294. The molecule has 7 heteroatoms. The molecule has 6 nitrogen and oxygen atoms in total. The SMILES string of the molecule is COC(=O)c1ccc(C(=O)Nc2ccc(N3CCOCC3)cc2)s1. The van der Waals surface area contributed by atoms with Crippen LogP contribution < -0.4 is 10.2 Å². The van der Waals surface area contributed by atoms with Gasteiger partial charge in [-0.1, -0.05) is 0 Å². The Morgan fingerprint density at radius 2 is 1.75 bits per heavy atom. The standard InChI is InChI=1S/C17H18N2O4S/c1-22-17(21)15-7-6-14(24-15)16(20)18-12-2-4-13(5-3-12)19-8-10-23-11-9-19/h2-7H,8-11H2,1H3,(H,18,20). The lowest BCUT2D eigenvalue weighted by Gasteiger charge is -2.28. The van der Waals surface area contributed by atoms with Crippen molar-refractivity contribution in [3.8, 4) is 0 Å². The van der Waals surface area contributed by atoms with E-state index < -0.39 is 5.97 Å². The van der Waals surface area contributed by atoms with E-state index in [0.29, 0.717) is 15.4 Å². The first-order chi connectivity index (χ1) is 11.7. The van der Waals surface area contributed by atoms with E-state index in [1.54, 1.807) is 12.1 Å². The average Bonchev–Trinajstić information content (AvgIpc) is 3.13. The number of morpholine rings is 1. The highest BCUT2D eigenvalue weighted by molar-refractivity contribution is 7.16. The molecule has 126 valence electrons. The maximum Gasteiger partial charge on any atom is 0.348 e. The van der Waals surface area contributed by atoms with Gasteiger partial charge in [-0.15, -0.1) is 11.3 Å². The number of benzene rings is 1. The van der Waals surface area contributed by atoms with Crippen LogP contribution in [0.4, 0.5) is 11.4 Å². The molecule has 1 aliphatic rings. The predicted octanol–water partition coefficient (Wildman–Crippen LogP) is 2.62. The van der Waals surface area contributed by atoms with E-state index in [9.17, 15) is 9.59 Å². The number of rotatable bonds is 4. The molecule has 0 saturated carbocycles. The molecule has 0 radical (unpaired) electrons. The van der Waals surface area contributed by atoms with E-state index in [1.165, 1.54) is 7.11 Å². The first kappa shape index (κ1) is 16.5. The number of nitrogens with one attached hydrogen (secondary N) is 1. The number of methoxy groups -OCH3 is 1. The molecule has 3 rings (SSSR count). The minimum atomic E-state index is -0.436. The third-order valence-corrected chi connectivity index (χ3v) is 4.78. The van der Waals surface area contributed by atoms with Crippen LogP contribution in [-0.2, 0) is 9.47 Å². The molecule has 1 N–H and O–H groups in total. The number of hydrogen-bond acceptors (Lipinski definition) is 6. The minimum Gasteiger partial charge on any atom is -0.465 e. The van der Waals surface area contributed by atoms with Gasteiger partial charge in [-0.2, -0.15) is 0 Å². The minimum absolute atomic E-state index is 0.241. The van der Waals surface area contributed by atoms with Crippen LogP contribution in [0.2, 0.25) is 0 Å². The van der Waals surface area contributed by atoms with Gasteiger partial charge < -0.3 is 19.7 Å². The molecule has 1 amide bonds. The number of amides is 1. The van der Waals surface area contributed by atoms with Crippen LogP contribution in [0.15, 0.2) is 36.4 Å². The van der Waals surface area contributed by atoms with Crippen molar-refractivity contribution in [2.75, 3.05) is 43.6 Å². The topological polar surface area (TPSA) is 67.9 Å². The predicted molar refractivity (Wildman–Crippen MR) is 93.1 cm³/mol. The van der Waals surface area contributed by atoms with E-state index in [2.05, 4.69) is 15.0 Å². The van der Waals surface area contributed by atoms with Crippen molar-refractivity contribution in [3.63, 3.8) is 0 Å². The summed E-state index contributed by atoms with van der Waals surface area (Å²) in [5.74, 6) is -0.678. The Balaban J connectivity index is 1.63. The quantitative estimate of drug-likeness (QED) is 0.862. The van der Waals surface area contributed by atoms with Gasteiger partial charge in [0, 0.05) is 24.5 Å². The van der Waals surface area contributed by atoms with E-state index in [0.717, 1.165) is 43.3 Å². The first-order valence-corrected chi connectivity index (χ1v) is 8.41.